The van der Waals surface area contributed by atoms with Gasteiger partial charge in [-0.3, -0.25) is 0 Å². The Kier molecular flexibility index (Phi) is 13.2. The molecule has 0 spiro atoms. The summed E-state index contributed by atoms with van der Waals surface area (Å²) in [6.45, 7) is 4.61. The summed E-state index contributed by atoms with van der Waals surface area (Å²) in [6, 6.07) is 30.6. The Labute approximate surface area is 306 Å². The average molecular weight is 696 g/mol. The molecule has 3 heteroatoms. The molecule has 0 bridgehead atoms. The van der Waals surface area contributed by atoms with E-state index < -0.39 is 0 Å². The van der Waals surface area contributed by atoms with Gasteiger partial charge in [-0.05, 0) is 134 Å². The maximum absolute atomic E-state index is 6.69. The first-order chi connectivity index (χ1) is 24.0. The first-order valence-corrected chi connectivity index (χ1v) is 20.1. The molecule has 0 saturated heterocycles. The molecular formula is C46H56Cl2O. The predicted molar refractivity (Wildman–Crippen MR) is 210 cm³/mol. The van der Waals surface area contributed by atoms with Crippen molar-refractivity contribution in [2.45, 2.75) is 128 Å². The van der Waals surface area contributed by atoms with Crippen LogP contribution < -0.4 is 4.74 Å². The van der Waals surface area contributed by atoms with Crippen LogP contribution in [0.1, 0.15) is 149 Å². The van der Waals surface area contributed by atoms with E-state index in [1.165, 1.54) is 112 Å². The lowest BCUT2D eigenvalue weighted by Crippen LogP contribution is -2.13. The molecule has 49 heavy (non-hydrogen) atoms. The molecular weight excluding hydrogens is 639 g/mol. The monoisotopic (exact) mass is 694 g/mol. The fraction of sp³-hybridized carbons (Fsp3) is 0.478. The second-order valence-electron chi connectivity index (χ2n) is 15.2. The van der Waals surface area contributed by atoms with Crippen LogP contribution in [0.3, 0.4) is 0 Å². The van der Waals surface area contributed by atoms with Gasteiger partial charge in [0.15, 0.2) is 0 Å². The first kappa shape index (κ1) is 36.1. The van der Waals surface area contributed by atoms with Gasteiger partial charge in [-0.25, -0.2) is 0 Å². The first-order valence-electron chi connectivity index (χ1n) is 19.4. The van der Waals surface area contributed by atoms with Crippen molar-refractivity contribution in [2.24, 2.45) is 11.8 Å². The summed E-state index contributed by atoms with van der Waals surface area (Å²) in [7, 11) is 0. The Morgan fingerprint density at radius 3 is 1.27 bits per heavy atom. The third kappa shape index (κ3) is 10.2. The minimum Gasteiger partial charge on any atom is -0.457 e. The lowest BCUT2D eigenvalue weighted by molar-refractivity contribution is 0.304. The van der Waals surface area contributed by atoms with Gasteiger partial charge in [0.05, 0.1) is 0 Å². The molecule has 6 rings (SSSR count). The van der Waals surface area contributed by atoms with E-state index >= 15 is 0 Å². The fourth-order valence-electron chi connectivity index (χ4n) is 8.50. The van der Waals surface area contributed by atoms with Gasteiger partial charge in [0.2, 0.25) is 0 Å². The third-order valence-electron chi connectivity index (χ3n) is 11.6. The number of rotatable bonds is 14. The van der Waals surface area contributed by atoms with E-state index in [0.717, 1.165) is 57.3 Å². The zero-order valence-corrected chi connectivity index (χ0v) is 31.4. The van der Waals surface area contributed by atoms with Crippen molar-refractivity contribution in [2.75, 3.05) is 0 Å². The zero-order chi connectivity index (χ0) is 34.0. The van der Waals surface area contributed by atoms with E-state index in [0.29, 0.717) is 11.8 Å². The van der Waals surface area contributed by atoms with Crippen molar-refractivity contribution in [3.05, 3.63) is 128 Å². The molecule has 0 aliphatic heterocycles. The van der Waals surface area contributed by atoms with E-state index in [9.17, 15) is 0 Å². The van der Waals surface area contributed by atoms with E-state index in [1.807, 2.05) is 36.4 Å². The lowest BCUT2D eigenvalue weighted by Gasteiger charge is -2.29. The molecule has 2 aliphatic carbocycles. The minimum atomic E-state index is 0.701. The molecule has 0 aromatic heterocycles. The zero-order valence-electron chi connectivity index (χ0n) is 29.9. The SMILES string of the molecule is CCCC[C@H]1CC[C@H](c2ccc(Cc3cc(Cl)ccc3Oc3ccc(Cl)cc3Cc3ccc([C@H]4CC[C@H](CCCC)CC4)cc3)cc2)CC1. The van der Waals surface area contributed by atoms with Crippen LogP contribution >= 0.6 is 23.2 Å². The van der Waals surface area contributed by atoms with E-state index in [-0.39, 0.29) is 0 Å². The molecule has 0 N–H and O–H groups in total. The summed E-state index contributed by atoms with van der Waals surface area (Å²) >= 11 is 13.1. The number of unbranched alkanes of at least 4 members (excludes halogenated alkanes) is 2. The highest BCUT2D eigenvalue weighted by Crippen LogP contribution is 2.40. The molecule has 4 aromatic rings. The van der Waals surface area contributed by atoms with Crippen LogP contribution in [0.5, 0.6) is 11.5 Å². The van der Waals surface area contributed by atoms with Crippen molar-refractivity contribution in [3.8, 4) is 11.5 Å². The van der Waals surface area contributed by atoms with E-state index in [4.69, 9.17) is 27.9 Å². The van der Waals surface area contributed by atoms with Gasteiger partial charge in [0.25, 0.3) is 0 Å². The van der Waals surface area contributed by atoms with Crippen LogP contribution in [0.15, 0.2) is 84.9 Å². The molecule has 0 atom stereocenters. The van der Waals surface area contributed by atoms with Crippen LogP contribution in [0.4, 0.5) is 0 Å². The quantitative estimate of drug-likeness (QED) is 0.128. The summed E-state index contributed by atoms with van der Waals surface area (Å²) in [5, 5.41) is 1.45. The van der Waals surface area contributed by atoms with Crippen LogP contribution in [0.2, 0.25) is 10.0 Å². The molecule has 260 valence electrons. The maximum atomic E-state index is 6.69. The highest BCUT2D eigenvalue weighted by atomic mass is 35.5. The predicted octanol–water partition coefficient (Wildman–Crippen LogP) is 14.9. The summed E-state index contributed by atoms with van der Waals surface area (Å²) in [5.41, 5.74) is 7.72. The van der Waals surface area contributed by atoms with Gasteiger partial charge in [-0.2, -0.15) is 0 Å². The van der Waals surface area contributed by atoms with Gasteiger partial charge in [0.1, 0.15) is 11.5 Å². The van der Waals surface area contributed by atoms with Gasteiger partial charge in [-0.15, -0.1) is 0 Å². The van der Waals surface area contributed by atoms with Crippen LogP contribution in [0, 0.1) is 11.8 Å². The molecule has 0 heterocycles. The molecule has 0 unspecified atom stereocenters. The number of benzene rings is 4. The maximum Gasteiger partial charge on any atom is 0.131 e. The van der Waals surface area contributed by atoms with Crippen molar-refractivity contribution >= 4 is 23.2 Å². The Balaban J connectivity index is 1.10. The Morgan fingerprint density at radius 2 is 0.898 bits per heavy atom. The summed E-state index contributed by atoms with van der Waals surface area (Å²) in [4.78, 5) is 0. The molecule has 2 fully saturated rings. The highest BCUT2D eigenvalue weighted by Gasteiger charge is 2.23. The molecule has 4 aromatic carbocycles. The number of hydrogen-bond donors (Lipinski definition) is 0. The van der Waals surface area contributed by atoms with Gasteiger partial charge in [0, 0.05) is 34.0 Å². The Hall–Kier alpha value is -2.74. The number of hydrogen-bond acceptors (Lipinski definition) is 1. The summed E-state index contributed by atoms with van der Waals surface area (Å²) in [5.74, 6) is 4.96. The molecule has 2 saturated carbocycles. The van der Waals surface area contributed by atoms with E-state index in [2.05, 4.69) is 62.4 Å². The molecule has 0 radical (unpaired) electrons. The van der Waals surface area contributed by atoms with Crippen LogP contribution in [-0.2, 0) is 12.8 Å². The van der Waals surface area contributed by atoms with Crippen molar-refractivity contribution in [3.63, 3.8) is 0 Å². The number of ether oxygens (including phenoxy) is 1. The normalized spacial score (nSPS) is 21.1. The minimum absolute atomic E-state index is 0.701. The molecule has 1 nitrogen and oxygen atoms in total. The fourth-order valence-corrected chi connectivity index (χ4v) is 8.89. The topological polar surface area (TPSA) is 9.23 Å². The van der Waals surface area contributed by atoms with Gasteiger partial charge < -0.3 is 4.74 Å². The second-order valence-corrected chi connectivity index (χ2v) is 16.0. The standard InChI is InChI=1S/C46H56Cl2O/c1-3-5-7-33-9-17-37(18-10-33)39-21-13-35(14-22-39)29-41-31-43(47)25-27-45(41)49-46-28-26-44(48)32-42(46)30-36-15-23-40(24-16-36)38-19-11-34(12-20-38)8-6-4-2/h13-16,21-28,31-34,37-38H,3-12,17-20,29-30H2,1-2H3/t33-,34-,37-,38-. The van der Waals surface area contributed by atoms with Crippen molar-refractivity contribution in [1.82, 2.24) is 0 Å². The van der Waals surface area contributed by atoms with Crippen LogP contribution in [0.25, 0.3) is 0 Å². The smallest absolute Gasteiger partial charge is 0.131 e. The van der Waals surface area contributed by atoms with Gasteiger partial charge >= 0.3 is 0 Å². The number of halogens is 2. The highest BCUT2D eigenvalue weighted by molar-refractivity contribution is 6.31. The average Bonchev–Trinajstić information content (AvgIpc) is 3.13. The Morgan fingerprint density at radius 1 is 0.510 bits per heavy atom. The lowest BCUT2D eigenvalue weighted by atomic mass is 9.77. The third-order valence-corrected chi connectivity index (χ3v) is 12.1. The van der Waals surface area contributed by atoms with E-state index in [1.54, 1.807) is 0 Å². The van der Waals surface area contributed by atoms with Gasteiger partial charge in [-0.1, -0.05) is 124 Å². The molecule has 0 amide bonds. The summed E-state index contributed by atoms with van der Waals surface area (Å²) < 4.78 is 6.69. The second kappa shape index (κ2) is 18.0. The van der Waals surface area contributed by atoms with Crippen LogP contribution in [-0.4, -0.2) is 0 Å². The summed E-state index contributed by atoms with van der Waals surface area (Å²) in [6.07, 6.45) is 20.6. The Bertz CT molecular complexity index is 1470. The molecule has 2 aliphatic rings. The van der Waals surface area contributed by atoms with Crippen molar-refractivity contribution < 1.29 is 4.74 Å². The largest absolute Gasteiger partial charge is 0.457 e. The van der Waals surface area contributed by atoms with Crippen molar-refractivity contribution in [1.29, 1.82) is 0 Å².